The van der Waals surface area contributed by atoms with Crippen LogP contribution >= 0.6 is 0 Å². The van der Waals surface area contributed by atoms with Gasteiger partial charge in [0.05, 0.1) is 25.3 Å². The third-order valence-electron chi connectivity index (χ3n) is 5.35. The second-order valence-electron chi connectivity index (χ2n) is 7.60. The van der Waals surface area contributed by atoms with Gasteiger partial charge in [-0.05, 0) is 74.2 Å². The van der Waals surface area contributed by atoms with Gasteiger partial charge in [0, 0.05) is 12.2 Å². The number of oxazole rings is 1. The molecule has 4 rings (SSSR count). The molecule has 1 atom stereocenters. The van der Waals surface area contributed by atoms with Crippen LogP contribution in [0.5, 0.6) is 11.5 Å². The maximum absolute atomic E-state index is 9.12. The smallest absolute Gasteiger partial charge is 0.226 e. The van der Waals surface area contributed by atoms with Crippen molar-refractivity contribution in [2.24, 2.45) is 0 Å². The number of nitriles is 1. The monoisotopic (exact) mass is 434 g/mol. The fraction of sp³-hybridized carbons (Fsp3) is 0.360. The number of ether oxygens (including phenoxy) is 4. The van der Waals surface area contributed by atoms with E-state index in [4.69, 9.17) is 28.6 Å². The lowest BCUT2D eigenvalue weighted by Gasteiger charge is -2.22. The number of hydrogen-bond acceptors (Lipinski definition) is 7. The molecule has 1 fully saturated rings. The molecule has 1 aromatic heterocycles. The zero-order chi connectivity index (χ0) is 22.3. The van der Waals surface area contributed by atoms with Gasteiger partial charge in [0.1, 0.15) is 23.8 Å². The molecule has 0 bridgehead atoms. The second-order valence-corrected chi connectivity index (χ2v) is 7.60. The lowest BCUT2D eigenvalue weighted by molar-refractivity contribution is -0.169. The zero-order valence-corrected chi connectivity index (χ0v) is 18.3. The largest absolute Gasteiger partial charge is 0.497 e. The third kappa shape index (κ3) is 5.28. The van der Waals surface area contributed by atoms with Crippen LogP contribution in [0.4, 0.5) is 0 Å². The number of hydrogen-bond donors (Lipinski definition) is 0. The maximum Gasteiger partial charge on any atom is 0.226 e. The first kappa shape index (κ1) is 21.9. The highest BCUT2D eigenvalue weighted by Crippen LogP contribution is 2.27. The molecular formula is C25H26N2O5. The number of rotatable bonds is 8. The van der Waals surface area contributed by atoms with E-state index in [0.29, 0.717) is 35.3 Å². The molecule has 0 amide bonds. The molecule has 1 saturated heterocycles. The predicted molar refractivity (Wildman–Crippen MR) is 117 cm³/mol. The van der Waals surface area contributed by atoms with Gasteiger partial charge < -0.3 is 23.4 Å². The van der Waals surface area contributed by atoms with Crippen LogP contribution in [-0.2, 0) is 22.7 Å². The average molecular weight is 434 g/mol. The van der Waals surface area contributed by atoms with Gasteiger partial charge in [-0.1, -0.05) is 0 Å². The molecule has 32 heavy (non-hydrogen) atoms. The summed E-state index contributed by atoms with van der Waals surface area (Å²) in [4.78, 5) is 4.67. The molecular weight excluding hydrogens is 408 g/mol. The SMILES string of the molecule is COc1ccc(-c2nc(COC3CCCCO3)c(COc3ccc(C#N)c(C)c3)o2)cc1. The Labute approximate surface area is 187 Å². The molecule has 3 aromatic rings. The van der Waals surface area contributed by atoms with Crippen molar-refractivity contribution in [2.75, 3.05) is 13.7 Å². The van der Waals surface area contributed by atoms with Crippen molar-refractivity contribution in [3.05, 3.63) is 65.0 Å². The summed E-state index contributed by atoms with van der Waals surface area (Å²) in [5.74, 6) is 2.50. The average Bonchev–Trinajstić information content (AvgIpc) is 3.25. The summed E-state index contributed by atoms with van der Waals surface area (Å²) in [6.45, 7) is 3.06. The van der Waals surface area contributed by atoms with E-state index in [1.807, 2.05) is 37.3 Å². The first-order valence-electron chi connectivity index (χ1n) is 10.7. The van der Waals surface area contributed by atoms with Gasteiger partial charge in [0.15, 0.2) is 12.1 Å². The van der Waals surface area contributed by atoms with Crippen LogP contribution in [0.25, 0.3) is 11.5 Å². The molecule has 1 aliphatic heterocycles. The van der Waals surface area contributed by atoms with E-state index in [1.165, 1.54) is 0 Å². The molecule has 7 heteroatoms. The Kier molecular flexibility index (Phi) is 7.05. The van der Waals surface area contributed by atoms with Gasteiger partial charge in [-0.15, -0.1) is 0 Å². The van der Waals surface area contributed by atoms with Crippen molar-refractivity contribution in [1.29, 1.82) is 5.26 Å². The Hall–Kier alpha value is -3.34. The minimum atomic E-state index is -0.222. The molecule has 0 radical (unpaired) electrons. The van der Waals surface area contributed by atoms with E-state index in [2.05, 4.69) is 11.1 Å². The van der Waals surface area contributed by atoms with E-state index in [0.717, 1.165) is 36.1 Å². The molecule has 0 N–H and O–H groups in total. The normalized spacial score (nSPS) is 15.8. The van der Waals surface area contributed by atoms with E-state index >= 15 is 0 Å². The lowest BCUT2D eigenvalue weighted by atomic mass is 10.1. The molecule has 0 saturated carbocycles. The molecule has 2 heterocycles. The number of aryl methyl sites for hydroxylation is 1. The Morgan fingerprint density at radius 2 is 1.91 bits per heavy atom. The van der Waals surface area contributed by atoms with Crippen LogP contribution in [0.3, 0.4) is 0 Å². The van der Waals surface area contributed by atoms with Crippen LogP contribution in [-0.4, -0.2) is 25.0 Å². The topological polar surface area (TPSA) is 86.7 Å². The van der Waals surface area contributed by atoms with Crippen LogP contribution < -0.4 is 9.47 Å². The molecule has 2 aromatic carbocycles. The highest BCUT2D eigenvalue weighted by atomic mass is 16.7. The van der Waals surface area contributed by atoms with Crippen molar-refractivity contribution in [2.45, 2.75) is 45.7 Å². The summed E-state index contributed by atoms with van der Waals surface area (Å²) in [6, 6.07) is 15.0. The standard InChI is InChI=1S/C25H26N2O5/c1-17-13-21(11-8-19(17)14-26)30-16-23-22(15-31-24-5-3-4-12-29-24)27-25(32-23)18-6-9-20(28-2)10-7-18/h6-11,13,24H,3-5,12,15-16H2,1-2H3. The van der Waals surface area contributed by atoms with Gasteiger partial charge in [0.25, 0.3) is 0 Å². The minimum Gasteiger partial charge on any atom is -0.497 e. The van der Waals surface area contributed by atoms with Crippen molar-refractivity contribution < 1.29 is 23.4 Å². The Bertz CT molecular complexity index is 1080. The van der Waals surface area contributed by atoms with Gasteiger partial charge in [-0.25, -0.2) is 4.98 Å². The van der Waals surface area contributed by atoms with E-state index in [1.54, 1.807) is 19.2 Å². The molecule has 0 spiro atoms. The predicted octanol–water partition coefficient (Wildman–Crippen LogP) is 5.15. The zero-order valence-electron chi connectivity index (χ0n) is 18.3. The summed E-state index contributed by atoms with van der Waals surface area (Å²) in [5.41, 5.74) is 3.00. The highest BCUT2D eigenvalue weighted by Gasteiger charge is 2.20. The van der Waals surface area contributed by atoms with Crippen LogP contribution in [0.2, 0.25) is 0 Å². The number of aromatic nitrogens is 1. The first-order valence-corrected chi connectivity index (χ1v) is 10.7. The quantitative estimate of drug-likeness (QED) is 0.484. The number of methoxy groups -OCH3 is 1. The minimum absolute atomic E-state index is 0.193. The van der Waals surface area contributed by atoms with Crippen LogP contribution in [0.15, 0.2) is 46.9 Å². The van der Waals surface area contributed by atoms with E-state index in [-0.39, 0.29) is 19.5 Å². The fourth-order valence-electron chi connectivity index (χ4n) is 3.48. The third-order valence-corrected chi connectivity index (χ3v) is 5.35. The molecule has 1 unspecified atom stereocenters. The van der Waals surface area contributed by atoms with Gasteiger partial charge in [0.2, 0.25) is 5.89 Å². The summed E-state index contributed by atoms with van der Waals surface area (Å²) < 4.78 is 28.8. The summed E-state index contributed by atoms with van der Waals surface area (Å²) >= 11 is 0. The van der Waals surface area contributed by atoms with Crippen molar-refractivity contribution in [3.63, 3.8) is 0 Å². The van der Waals surface area contributed by atoms with Gasteiger partial charge in [-0.2, -0.15) is 5.26 Å². The fourth-order valence-corrected chi connectivity index (χ4v) is 3.48. The van der Waals surface area contributed by atoms with Crippen molar-refractivity contribution in [1.82, 2.24) is 4.98 Å². The van der Waals surface area contributed by atoms with Gasteiger partial charge >= 0.3 is 0 Å². The van der Waals surface area contributed by atoms with Gasteiger partial charge in [-0.3, -0.25) is 0 Å². The lowest BCUT2D eigenvalue weighted by Crippen LogP contribution is -2.22. The highest BCUT2D eigenvalue weighted by molar-refractivity contribution is 5.55. The van der Waals surface area contributed by atoms with E-state index in [9.17, 15) is 0 Å². The van der Waals surface area contributed by atoms with Crippen LogP contribution in [0.1, 0.15) is 41.8 Å². The number of benzene rings is 2. The molecule has 1 aliphatic rings. The summed E-state index contributed by atoms with van der Waals surface area (Å²) in [5, 5.41) is 9.12. The Morgan fingerprint density at radius 1 is 1.09 bits per heavy atom. The van der Waals surface area contributed by atoms with Crippen molar-refractivity contribution >= 4 is 0 Å². The molecule has 0 aliphatic carbocycles. The molecule has 7 nitrogen and oxygen atoms in total. The van der Waals surface area contributed by atoms with E-state index < -0.39 is 0 Å². The summed E-state index contributed by atoms with van der Waals surface area (Å²) in [6.07, 6.45) is 2.81. The Balaban J connectivity index is 1.52. The second kappa shape index (κ2) is 10.3. The summed E-state index contributed by atoms with van der Waals surface area (Å²) in [7, 11) is 1.63. The van der Waals surface area contributed by atoms with Crippen LogP contribution in [0, 0.1) is 18.3 Å². The Morgan fingerprint density at radius 3 is 2.59 bits per heavy atom. The van der Waals surface area contributed by atoms with Crippen molar-refractivity contribution in [3.8, 4) is 29.0 Å². The number of nitrogens with zero attached hydrogens (tertiary/aromatic N) is 2. The maximum atomic E-state index is 9.12. The first-order chi connectivity index (χ1) is 15.7. The molecule has 166 valence electrons.